The fraction of sp³-hybridized carbons (Fsp3) is 0.375. The number of fused-ring (bicyclic) bond motifs is 1. The molecule has 1 fully saturated rings. The molecule has 0 bridgehead atoms. The highest BCUT2D eigenvalue weighted by Crippen LogP contribution is 2.32. The Bertz CT molecular complexity index is 1140. The first-order valence-electron chi connectivity index (χ1n) is 11.0. The summed E-state index contributed by atoms with van der Waals surface area (Å²) in [5, 5.41) is 11.6. The third kappa shape index (κ3) is 4.44. The van der Waals surface area contributed by atoms with Crippen molar-refractivity contribution in [3.05, 3.63) is 63.2 Å². The summed E-state index contributed by atoms with van der Waals surface area (Å²) in [5.41, 5.74) is 2.41. The Morgan fingerprint density at radius 2 is 1.67 bits per heavy atom. The molecule has 2 aliphatic heterocycles. The quantitative estimate of drug-likeness (QED) is 0.286. The van der Waals surface area contributed by atoms with Crippen LogP contribution in [0.2, 0.25) is 0 Å². The van der Waals surface area contributed by atoms with Gasteiger partial charge in [0.25, 0.3) is 5.69 Å². The number of carbonyl (C=O) groups excluding carboxylic acids is 3. The number of hydrogen-bond acceptors (Lipinski definition) is 7. The highest BCUT2D eigenvalue weighted by atomic mass is 16.6. The van der Waals surface area contributed by atoms with Gasteiger partial charge in [-0.15, -0.1) is 0 Å². The molecular formula is C24H25N3O6. The summed E-state index contributed by atoms with van der Waals surface area (Å²) in [6.45, 7) is 5.02. The fourth-order valence-electron chi connectivity index (χ4n) is 4.42. The molecule has 0 aliphatic carbocycles. The first kappa shape index (κ1) is 22.4. The molecule has 172 valence electrons. The molecule has 1 saturated heterocycles. The van der Waals surface area contributed by atoms with Crippen molar-refractivity contribution in [2.75, 3.05) is 29.4 Å². The van der Waals surface area contributed by atoms with Gasteiger partial charge in [0.15, 0.2) is 6.10 Å². The van der Waals surface area contributed by atoms with Crippen molar-refractivity contribution in [3.8, 4) is 0 Å². The molecule has 2 heterocycles. The van der Waals surface area contributed by atoms with Crippen molar-refractivity contribution in [2.45, 2.75) is 39.2 Å². The maximum Gasteiger partial charge on any atom is 0.339 e. The Labute approximate surface area is 191 Å². The Kier molecular flexibility index (Phi) is 6.13. The van der Waals surface area contributed by atoms with Crippen molar-refractivity contribution >= 4 is 34.7 Å². The van der Waals surface area contributed by atoms with Crippen LogP contribution in [0.4, 0.5) is 17.1 Å². The van der Waals surface area contributed by atoms with Crippen LogP contribution in [0.3, 0.4) is 0 Å². The summed E-state index contributed by atoms with van der Waals surface area (Å²) in [6.07, 6.45) is 1.52. The van der Waals surface area contributed by atoms with E-state index in [9.17, 15) is 24.5 Å². The average molecular weight is 451 g/mol. The van der Waals surface area contributed by atoms with Crippen LogP contribution >= 0.6 is 0 Å². The molecule has 9 nitrogen and oxygen atoms in total. The number of ether oxygens (including phenoxy) is 1. The highest BCUT2D eigenvalue weighted by Gasteiger charge is 2.28. The highest BCUT2D eigenvalue weighted by molar-refractivity contribution is 6.03. The van der Waals surface area contributed by atoms with E-state index in [0.29, 0.717) is 24.2 Å². The van der Waals surface area contributed by atoms with E-state index in [1.54, 1.807) is 29.2 Å². The van der Waals surface area contributed by atoms with Gasteiger partial charge in [-0.05, 0) is 62.1 Å². The van der Waals surface area contributed by atoms with Gasteiger partial charge in [0, 0.05) is 43.9 Å². The molecule has 9 heteroatoms. The van der Waals surface area contributed by atoms with Crippen LogP contribution in [-0.2, 0) is 16.0 Å². The number of nitro groups is 1. The largest absolute Gasteiger partial charge is 0.451 e. The topological polar surface area (TPSA) is 110 Å². The second-order valence-electron chi connectivity index (χ2n) is 8.33. The van der Waals surface area contributed by atoms with Crippen molar-refractivity contribution in [1.29, 1.82) is 0 Å². The molecule has 2 aromatic rings. The van der Waals surface area contributed by atoms with Crippen LogP contribution in [0, 0.1) is 10.1 Å². The normalized spacial score (nSPS) is 15.8. The van der Waals surface area contributed by atoms with Crippen LogP contribution in [0.5, 0.6) is 0 Å². The number of carbonyl (C=O) groups is 3. The van der Waals surface area contributed by atoms with Crippen LogP contribution in [0.15, 0.2) is 36.4 Å². The SMILES string of the molecule is CC(=O)N1CCc2cc(C(=O)C(C)OC(=O)c3ccc(N4CCCC4)c([N+](=O)[O-])c3)ccc21. The molecule has 1 atom stereocenters. The lowest BCUT2D eigenvalue weighted by atomic mass is 10.0. The van der Waals surface area contributed by atoms with E-state index < -0.39 is 17.0 Å². The minimum Gasteiger partial charge on any atom is -0.451 e. The van der Waals surface area contributed by atoms with E-state index in [4.69, 9.17) is 4.74 Å². The number of nitrogens with zero attached hydrogens (tertiary/aromatic N) is 3. The summed E-state index contributed by atoms with van der Waals surface area (Å²) >= 11 is 0. The van der Waals surface area contributed by atoms with Gasteiger partial charge in [0.1, 0.15) is 5.69 Å². The number of nitro benzene ring substituents is 1. The van der Waals surface area contributed by atoms with Gasteiger partial charge in [-0.25, -0.2) is 4.79 Å². The molecule has 1 amide bonds. The van der Waals surface area contributed by atoms with Crippen LogP contribution in [0.25, 0.3) is 0 Å². The van der Waals surface area contributed by atoms with Gasteiger partial charge in [-0.1, -0.05) is 0 Å². The zero-order valence-electron chi connectivity index (χ0n) is 18.6. The van der Waals surface area contributed by atoms with Crippen LogP contribution in [0.1, 0.15) is 53.0 Å². The first-order valence-corrected chi connectivity index (χ1v) is 11.0. The molecule has 33 heavy (non-hydrogen) atoms. The van der Waals surface area contributed by atoms with Gasteiger partial charge in [-0.3, -0.25) is 19.7 Å². The maximum atomic E-state index is 12.9. The standard InChI is InChI=1S/C24H25N3O6/c1-15(23(29)18-5-7-20-17(13-18)9-12-26(20)16(2)28)33-24(30)19-6-8-21(22(14-19)27(31)32)25-10-3-4-11-25/h5-8,13-15H,3-4,9-12H2,1-2H3. The number of rotatable bonds is 6. The molecular weight excluding hydrogens is 426 g/mol. The number of esters is 1. The third-order valence-corrected chi connectivity index (χ3v) is 6.15. The van der Waals surface area contributed by atoms with E-state index in [2.05, 4.69) is 0 Å². The number of amides is 1. The number of benzene rings is 2. The fourth-order valence-corrected chi connectivity index (χ4v) is 4.42. The van der Waals surface area contributed by atoms with E-state index in [-0.39, 0.29) is 22.9 Å². The predicted octanol–water partition coefficient (Wildman–Crippen LogP) is 3.53. The van der Waals surface area contributed by atoms with Crippen molar-refractivity contribution in [3.63, 3.8) is 0 Å². The van der Waals surface area contributed by atoms with Gasteiger partial charge >= 0.3 is 5.97 Å². The Morgan fingerprint density at radius 3 is 2.33 bits per heavy atom. The van der Waals surface area contributed by atoms with Crippen LogP contribution in [-0.4, -0.2) is 48.3 Å². The number of anilines is 2. The summed E-state index contributed by atoms with van der Waals surface area (Å²) in [5.74, 6) is -1.23. The van der Waals surface area contributed by atoms with E-state index in [1.807, 2.05) is 4.90 Å². The number of hydrogen-bond donors (Lipinski definition) is 0. The summed E-state index contributed by atoms with van der Waals surface area (Å²) in [6, 6.07) is 9.33. The minimum atomic E-state index is -1.07. The Balaban J connectivity index is 1.48. The van der Waals surface area contributed by atoms with Crippen molar-refractivity contribution in [1.82, 2.24) is 0 Å². The van der Waals surface area contributed by atoms with Gasteiger partial charge in [-0.2, -0.15) is 0 Å². The van der Waals surface area contributed by atoms with E-state index in [1.165, 1.54) is 26.0 Å². The molecule has 0 N–H and O–H groups in total. The molecule has 0 radical (unpaired) electrons. The lowest BCUT2D eigenvalue weighted by molar-refractivity contribution is -0.384. The summed E-state index contributed by atoms with van der Waals surface area (Å²) < 4.78 is 5.34. The molecule has 0 saturated carbocycles. The lowest BCUT2D eigenvalue weighted by Gasteiger charge is -2.18. The Hall–Kier alpha value is -3.75. The molecule has 1 unspecified atom stereocenters. The average Bonchev–Trinajstić information content (AvgIpc) is 3.47. The minimum absolute atomic E-state index is 0.0235. The second kappa shape index (κ2) is 9.01. The third-order valence-electron chi connectivity index (χ3n) is 6.15. The second-order valence-corrected chi connectivity index (χ2v) is 8.33. The summed E-state index contributed by atoms with van der Waals surface area (Å²) in [7, 11) is 0. The molecule has 4 rings (SSSR count). The van der Waals surface area contributed by atoms with Gasteiger partial charge in [0.05, 0.1) is 10.5 Å². The predicted molar refractivity (Wildman–Crippen MR) is 122 cm³/mol. The van der Waals surface area contributed by atoms with Crippen molar-refractivity contribution < 1.29 is 24.0 Å². The molecule has 0 spiro atoms. The number of Topliss-reactive ketones (excluding diaryl/α,β-unsaturated/α-hetero) is 1. The van der Waals surface area contributed by atoms with E-state index in [0.717, 1.165) is 37.2 Å². The molecule has 0 aromatic heterocycles. The Morgan fingerprint density at radius 1 is 1.00 bits per heavy atom. The maximum absolute atomic E-state index is 12.9. The van der Waals surface area contributed by atoms with Crippen LogP contribution < -0.4 is 9.80 Å². The van der Waals surface area contributed by atoms with Gasteiger partial charge < -0.3 is 14.5 Å². The zero-order valence-corrected chi connectivity index (χ0v) is 18.6. The first-order chi connectivity index (χ1) is 15.8. The smallest absolute Gasteiger partial charge is 0.339 e. The number of ketones is 1. The molecule has 2 aliphatic rings. The summed E-state index contributed by atoms with van der Waals surface area (Å²) in [4.78, 5) is 51.9. The van der Waals surface area contributed by atoms with E-state index >= 15 is 0 Å². The van der Waals surface area contributed by atoms with Crippen molar-refractivity contribution in [2.24, 2.45) is 0 Å². The lowest BCUT2D eigenvalue weighted by Crippen LogP contribution is -2.26. The zero-order chi connectivity index (χ0) is 23.7. The van der Waals surface area contributed by atoms with Gasteiger partial charge in [0.2, 0.25) is 11.7 Å². The molecule has 2 aromatic carbocycles. The monoisotopic (exact) mass is 451 g/mol.